The Balaban J connectivity index is 1.06. The highest BCUT2D eigenvalue weighted by Gasteiger charge is 2.56. The lowest BCUT2D eigenvalue weighted by Crippen LogP contribution is -2.35. The van der Waals surface area contributed by atoms with Crippen molar-refractivity contribution in [1.29, 1.82) is 0 Å². The monoisotopic (exact) mass is 642 g/mol. The van der Waals surface area contributed by atoms with Crippen molar-refractivity contribution in [2.75, 3.05) is 44.0 Å². The first-order chi connectivity index (χ1) is 22.7. The number of fused-ring (bicyclic) bond motifs is 1. The Kier molecular flexibility index (Phi) is 8.05. The molecule has 2 aliphatic heterocycles. The molecule has 2 amide bonds. The van der Waals surface area contributed by atoms with Crippen LogP contribution in [0, 0.1) is 22.5 Å². The Morgan fingerprint density at radius 1 is 0.915 bits per heavy atom. The number of carbonyl (C=O) groups excluding carboxylic acids is 2. The Hall–Kier alpha value is -4.61. The van der Waals surface area contributed by atoms with Crippen LogP contribution in [0.4, 0.5) is 20.2 Å². The van der Waals surface area contributed by atoms with Crippen LogP contribution in [0.1, 0.15) is 44.2 Å². The van der Waals surface area contributed by atoms with Gasteiger partial charge in [-0.3, -0.25) is 19.5 Å². The van der Waals surface area contributed by atoms with Gasteiger partial charge in [0.25, 0.3) is 0 Å². The second kappa shape index (κ2) is 12.2. The van der Waals surface area contributed by atoms with Gasteiger partial charge in [-0.1, -0.05) is 0 Å². The van der Waals surface area contributed by atoms with E-state index in [1.165, 1.54) is 36.4 Å². The van der Waals surface area contributed by atoms with Gasteiger partial charge in [0.15, 0.2) is 11.6 Å². The number of ether oxygens (including phenoxy) is 3. The summed E-state index contributed by atoms with van der Waals surface area (Å²) in [6.45, 7) is 5.78. The van der Waals surface area contributed by atoms with Gasteiger partial charge in [-0.25, -0.2) is 8.78 Å². The quantitative estimate of drug-likeness (QED) is 0.193. The van der Waals surface area contributed by atoms with E-state index in [0.717, 1.165) is 50.8 Å². The van der Waals surface area contributed by atoms with Gasteiger partial charge in [0.2, 0.25) is 11.8 Å². The van der Waals surface area contributed by atoms with Crippen molar-refractivity contribution in [2.24, 2.45) is 10.8 Å². The maximum Gasteiger partial charge on any atom is 0.240 e. The molecule has 1 spiro atoms. The van der Waals surface area contributed by atoms with Gasteiger partial charge in [0, 0.05) is 59.2 Å². The zero-order valence-electron chi connectivity index (χ0n) is 26.3. The summed E-state index contributed by atoms with van der Waals surface area (Å²) in [5.74, 6) is -1.09. The molecule has 2 N–H and O–H groups in total. The van der Waals surface area contributed by atoms with E-state index >= 15 is 4.39 Å². The van der Waals surface area contributed by atoms with Gasteiger partial charge in [-0.2, -0.15) is 0 Å². The summed E-state index contributed by atoms with van der Waals surface area (Å²) < 4.78 is 46.2. The molecule has 7 rings (SSSR count). The molecule has 0 radical (unpaired) electrons. The molecule has 0 bridgehead atoms. The van der Waals surface area contributed by atoms with E-state index in [-0.39, 0.29) is 22.9 Å². The molecule has 1 aromatic heterocycles. The first kappa shape index (κ1) is 31.0. The Labute approximate surface area is 271 Å². The number of hydrogen-bond donors (Lipinski definition) is 2. The molecule has 244 valence electrons. The van der Waals surface area contributed by atoms with Gasteiger partial charge >= 0.3 is 0 Å². The summed E-state index contributed by atoms with van der Waals surface area (Å²) in [5.41, 5.74) is 1.25. The highest BCUT2D eigenvalue weighted by molar-refractivity contribution is 6.16. The molecule has 3 fully saturated rings. The predicted molar refractivity (Wildman–Crippen MR) is 173 cm³/mol. The van der Waals surface area contributed by atoms with E-state index in [9.17, 15) is 14.0 Å². The Bertz CT molecular complexity index is 1840. The maximum absolute atomic E-state index is 15.3. The highest BCUT2D eigenvalue weighted by atomic mass is 19.1. The van der Waals surface area contributed by atoms with Crippen LogP contribution in [-0.2, 0) is 14.3 Å². The van der Waals surface area contributed by atoms with Crippen molar-refractivity contribution in [1.82, 2.24) is 9.88 Å². The number of nitrogens with one attached hydrogen (secondary N) is 2. The molecule has 1 saturated carbocycles. The molecular formula is C36H36F2N4O5. The number of carbonyl (C=O) groups is 2. The molecule has 4 aromatic rings. The highest BCUT2D eigenvalue weighted by Crippen LogP contribution is 2.48. The number of nitrogens with zero attached hydrogens (tertiary/aromatic N) is 2. The average molecular weight is 643 g/mol. The minimum Gasteiger partial charge on any atom is -0.496 e. The number of halogens is 2. The number of rotatable bonds is 9. The minimum absolute atomic E-state index is 0.0387. The van der Waals surface area contributed by atoms with Crippen LogP contribution in [0.15, 0.2) is 66.9 Å². The molecule has 2 unspecified atom stereocenters. The summed E-state index contributed by atoms with van der Waals surface area (Å²) in [7, 11) is 1.63. The number of benzene rings is 3. The summed E-state index contributed by atoms with van der Waals surface area (Å²) in [4.78, 5) is 33.0. The van der Waals surface area contributed by atoms with E-state index in [2.05, 4.69) is 27.4 Å². The van der Waals surface area contributed by atoms with Gasteiger partial charge in [-0.05, 0) is 93.7 Å². The topological polar surface area (TPSA) is 102 Å². The lowest BCUT2D eigenvalue weighted by atomic mass is 9.87. The second-order valence-corrected chi connectivity index (χ2v) is 12.9. The fourth-order valence-electron chi connectivity index (χ4n) is 6.72. The van der Waals surface area contributed by atoms with Crippen LogP contribution in [-0.4, -0.2) is 55.1 Å². The normalized spacial score (nSPS) is 20.7. The second-order valence-electron chi connectivity index (χ2n) is 12.9. The molecule has 1 aliphatic carbocycles. The third kappa shape index (κ3) is 6.01. The van der Waals surface area contributed by atoms with Crippen molar-refractivity contribution in [3.05, 3.63) is 84.1 Å². The maximum atomic E-state index is 15.3. The van der Waals surface area contributed by atoms with E-state index < -0.39 is 28.9 Å². The van der Waals surface area contributed by atoms with Crippen molar-refractivity contribution in [2.45, 2.75) is 38.6 Å². The number of hydrogen-bond acceptors (Lipinski definition) is 7. The summed E-state index contributed by atoms with van der Waals surface area (Å²) in [5, 5.41) is 5.99. The van der Waals surface area contributed by atoms with Crippen LogP contribution < -0.4 is 20.1 Å². The summed E-state index contributed by atoms with van der Waals surface area (Å²) in [6.07, 6.45) is 4.53. The molecule has 3 aliphatic rings. The minimum atomic E-state index is -1.27. The molecule has 11 heteroatoms. The zero-order valence-corrected chi connectivity index (χ0v) is 26.3. The average Bonchev–Trinajstić information content (AvgIpc) is 3.60. The van der Waals surface area contributed by atoms with Crippen LogP contribution >= 0.6 is 0 Å². The molecule has 2 saturated heterocycles. The lowest BCUT2D eigenvalue weighted by molar-refractivity contribution is -0.131. The third-order valence-electron chi connectivity index (χ3n) is 9.83. The van der Waals surface area contributed by atoms with Gasteiger partial charge in [-0.15, -0.1) is 0 Å². The molecular weight excluding hydrogens is 606 g/mol. The summed E-state index contributed by atoms with van der Waals surface area (Å²) in [6, 6.07) is 15.1. The third-order valence-corrected chi connectivity index (χ3v) is 9.83. The number of aromatic nitrogens is 1. The van der Waals surface area contributed by atoms with E-state index in [1.54, 1.807) is 19.4 Å². The Morgan fingerprint density at radius 2 is 1.66 bits per heavy atom. The zero-order chi connectivity index (χ0) is 32.8. The number of amides is 2. The molecule has 3 heterocycles. The van der Waals surface area contributed by atoms with Crippen molar-refractivity contribution in [3.8, 4) is 17.2 Å². The smallest absolute Gasteiger partial charge is 0.240 e. The number of pyridine rings is 1. The van der Waals surface area contributed by atoms with Crippen molar-refractivity contribution < 1.29 is 32.6 Å². The SMILES string of the molecule is COc1cc2c(Oc3ccc(NC(=O)C4(C(=O)Nc5ccc(F)cc5)CC4)cc3F)ccnc2cc1C(C)N1CCC2(CCOC2)C1. The van der Waals surface area contributed by atoms with Crippen molar-refractivity contribution in [3.63, 3.8) is 0 Å². The van der Waals surface area contributed by atoms with Crippen molar-refractivity contribution >= 4 is 34.1 Å². The molecule has 9 nitrogen and oxygen atoms in total. The van der Waals surface area contributed by atoms with Gasteiger partial charge in [0.05, 0.1) is 19.2 Å². The predicted octanol–water partition coefficient (Wildman–Crippen LogP) is 6.84. The Morgan fingerprint density at radius 3 is 2.34 bits per heavy atom. The number of anilines is 2. The lowest BCUT2D eigenvalue weighted by Gasteiger charge is -2.28. The van der Waals surface area contributed by atoms with E-state index in [0.29, 0.717) is 40.9 Å². The van der Waals surface area contributed by atoms with Crippen LogP contribution in [0.25, 0.3) is 10.9 Å². The van der Waals surface area contributed by atoms with Crippen LogP contribution in [0.3, 0.4) is 0 Å². The first-order valence-corrected chi connectivity index (χ1v) is 15.8. The standard InChI is InChI=1S/C36H36F2N4O5/c1-22(42-15-12-35(20-42)13-16-46-21-35)26-18-29-27(19-32(26)45-2)30(9-14-39-29)47-31-8-7-25(17-28(31)38)41-34(44)36(10-11-36)33(43)40-24-5-3-23(37)4-6-24/h3-9,14,17-19,22H,10-13,15-16,20-21H2,1-2H3,(H,40,43)(H,41,44). The van der Waals surface area contributed by atoms with Gasteiger partial charge in [0.1, 0.15) is 22.7 Å². The molecule has 47 heavy (non-hydrogen) atoms. The number of likely N-dealkylation sites (tertiary alicyclic amines) is 1. The van der Waals surface area contributed by atoms with Crippen LogP contribution in [0.5, 0.6) is 17.2 Å². The van der Waals surface area contributed by atoms with Gasteiger partial charge < -0.3 is 24.8 Å². The number of methoxy groups -OCH3 is 1. The molecule has 3 aromatic carbocycles. The summed E-state index contributed by atoms with van der Waals surface area (Å²) >= 11 is 0. The largest absolute Gasteiger partial charge is 0.496 e. The van der Waals surface area contributed by atoms with Crippen LogP contribution in [0.2, 0.25) is 0 Å². The molecule has 2 atom stereocenters. The van der Waals surface area contributed by atoms with E-state index in [1.807, 2.05) is 12.1 Å². The first-order valence-electron chi connectivity index (χ1n) is 15.8. The fourth-order valence-corrected chi connectivity index (χ4v) is 6.72. The van der Waals surface area contributed by atoms with E-state index in [4.69, 9.17) is 14.2 Å². The fraction of sp³-hybridized carbons (Fsp3) is 0.361.